The van der Waals surface area contributed by atoms with Crippen LogP contribution in [0, 0.1) is 23.2 Å². The van der Waals surface area contributed by atoms with E-state index in [0.29, 0.717) is 11.5 Å². The Morgan fingerprint density at radius 3 is 1.89 bits per heavy atom. The molecular formula is C17H29NO. The van der Waals surface area contributed by atoms with Gasteiger partial charge >= 0.3 is 0 Å². The molecule has 2 nitrogen and oxygen atoms in total. The van der Waals surface area contributed by atoms with E-state index in [4.69, 9.17) is 0 Å². The smallest absolute Gasteiger partial charge is 0.0749 e. The molecule has 1 aliphatic heterocycles. The van der Waals surface area contributed by atoms with E-state index in [1.54, 1.807) is 0 Å². The molecule has 108 valence electrons. The number of likely N-dealkylation sites (tertiary alicyclic amines) is 1. The Morgan fingerprint density at radius 2 is 1.42 bits per heavy atom. The second kappa shape index (κ2) is 4.46. The van der Waals surface area contributed by atoms with Crippen molar-refractivity contribution >= 4 is 0 Å². The van der Waals surface area contributed by atoms with Crippen LogP contribution in [-0.4, -0.2) is 35.2 Å². The van der Waals surface area contributed by atoms with E-state index < -0.39 is 0 Å². The van der Waals surface area contributed by atoms with E-state index in [-0.39, 0.29) is 6.10 Å². The minimum atomic E-state index is -0.0704. The molecule has 0 aromatic carbocycles. The van der Waals surface area contributed by atoms with Crippen LogP contribution in [0.1, 0.15) is 58.3 Å². The molecule has 0 unspecified atom stereocenters. The standard InChI is InChI=1S/C17H29NO/c1-12(18-4-2-3-5-18)16(19)17-9-13-6-14(10-17)8-15(7-13)11-17/h12-16,19H,2-11H2,1H3/t12-,13?,14?,15?,16+,17?/m0/s1. The molecule has 5 rings (SSSR count). The summed E-state index contributed by atoms with van der Waals surface area (Å²) in [5, 5.41) is 11.1. The molecule has 0 amide bonds. The Labute approximate surface area is 117 Å². The summed E-state index contributed by atoms with van der Waals surface area (Å²) < 4.78 is 0. The zero-order valence-electron chi connectivity index (χ0n) is 12.4. The SMILES string of the molecule is C[C@@H]([C@@H](O)C12CC3CC(CC(C3)C1)C2)N1CCCC1. The summed E-state index contributed by atoms with van der Waals surface area (Å²) in [7, 11) is 0. The molecule has 0 spiro atoms. The van der Waals surface area contributed by atoms with Gasteiger partial charge in [-0.2, -0.15) is 0 Å². The van der Waals surface area contributed by atoms with E-state index in [9.17, 15) is 5.11 Å². The van der Waals surface area contributed by atoms with Crippen LogP contribution in [0.5, 0.6) is 0 Å². The third-order valence-corrected chi connectivity index (χ3v) is 6.89. The lowest BCUT2D eigenvalue weighted by molar-refractivity contribution is -0.139. The van der Waals surface area contributed by atoms with Gasteiger partial charge in [0, 0.05) is 6.04 Å². The molecular weight excluding hydrogens is 234 g/mol. The molecule has 1 saturated heterocycles. The average molecular weight is 263 g/mol. The molecule has 1 N–H and O–H groups in total. The number of aliphatic hydroxyl groups is 1. The van der Waals surface area contributed by atoms with Crippen molar-refractivity contribution in [3.63, 3.8) is 0 Å². The van der Waals surface area contributed by atoms with Gasteiger partial charge in [0.15, 0.2) is 0 Å². The van der Waals surface area contributed by atoms with Crippen molar-refractivity contribution in [1.82, 2.24) is 4.90 Å². The van der Waals surface area contributed by atoms with Crippen molar-refractivity contribution in [2.24, 2.45) is 23.2 Å². The Hall–Kier alpha value is -0.0800. The van der Waals surface area contributed by atoms with Crippen molar-refractivity contribution in [3.05, 3.63) is 0 Å². The monoisotopic (exact) mass is 263 g/mol. The van der Waals surface area contributed by atoms with Gasteiger partial charge in [-0.15, -0.1) is 0 Å². The lowest BCUT2D eigenvalue weighted by Gasteiger charge is -2.59. The van der Waals surface area contributed by atoms with Gasteiger partial charge < -0.3 is 5.11 Å². The van der Waals surface area contributed by atoms with Crippen molar-refractivity contribution < 1.29 is 5.11 Å². The number of hydrogen-bond acceptors (Lipinski definition) is 2. The van der Waals surface area contributed by atoms with Crippen molar-refractivity contribution in [2.45, 2.75) is 70.4 Å². The minimum absolute atomic E-state index is 0.0704. The third-order valence-electron chi connectivity index (χ3n) is 6.89. The molecule has 4 saturated carbocycles. The molecule has 2 heteroatoms. The fourth-order valence-corrected chi connectivity index (χ4v) is 6.40. The van der Waals surface area contributed by atoms with Gasteiger partial charge in [-0.3, -0.25) is 4.90 Å². The topological polar surface area (TPSA) is 23.5 Å². The summed E-state index contributed by atoms with van der Waals surface area (Å²) in [6.07, 6.45) is 11.0. The maximum Gasteiger partial charge on any atom is 0.0749 e. The maximum absolute atomic E-state index is 11.1. The second-order valence-electron chi connectivity index (χ2n) is 8.21. The summed E-state index contributed by atoms with van der Waals surface area (Å²) >= 11 is 0. The van der Waals surface area contributed by atoms with Crippen molar-refractivity contribution in [1.29, 1.82) is 0 Å². The van der Waals surface area contributed by atoms with E-state index in [2.05, 4.69) is 11.8 Å². The Morgan fingerprint density at radius 1 is 0.947 bits per heavy atom. The predicted octanol–water partition coefficient (Wildman–Crippen LogP) is 3.05. The van der Waals surface area contributed by atoms with Crippen molar-refractivity contribution in [3.8, 4) is 0 Å². The number of nitrogens with zero attached hydrogens (tertiary/aromatic N) is 1. The van der Waals surface area contributed by atoms with E-state index in [0.717, 1.165) is 17.8 Å². The van der Waals surface area contributed by atoms with E-state index in [1.165, 1.54) is 64.5 Å². The van der Waals surface area contributed by atoms with Gasteiger partial charge in [-0.25, -0.2) is 0 Å². The molecule has 1 heterocycles. The fourth-order valence-electron chi connectivity index (χ4n) is 6.40. The predicted molar refractivity (Wildman–Crippen MR) is 76.9 cm³/mol. The quantitative estimate of drug-likeness (QED) is 0.846. The first kappa shape index (κ1) is 12.6. The molecule has 2 atom stereocenters. The zero-order valence-corrected chi connectivity index (χ0v) is 12.4. The highest BCUT2D eigenvalue weighted by Crippen LogP contribution is 2.61. The summed E-state index contributed by atoms with van der Waals surface area (Å²) in [5.41, 5.74) is 0.302. The maximum atomic E-state index is 11.1. The molecule has 4 bridgehead atoms. The second-order valence-corrected chi connectivity index (χ2v) is 8.21. The van der Waals surface area contributed by atoms with Crippen LogP contribution in [-0.2, 0) is 0 Å². The first-order valence-electron chi connectivity index (χ1n) is 8.58. The van der Waals surface area contributed by atoms with Gasteiger partial charge in [-0.05, 0) is 94.5 Å². The van der Waals surface area contributed by atoms with Crippen LogP contribution < -0.4 is 0 Å². The first-order valence-corrected chi connectivity index (χ1v) is 8.58. The van der Waals surface area contributed by atoms with Gasteiger partial charge in [-0.1, -0.05) is 0 Å². The normalized spacial score (nSPS) is 48.6. The van der Waals surface area contributed by atoms with Crippen LogP contribution in [0.3, 0.4) is 0 Å². The molecule has 0 aromatic rings. The van der Waals surface area contributed by atoms with Gasteiger partial charge in [0.25, 0.3) is 0 Å². The van der Waals surface area contributed by atoms with Crippen LogP contribution in [0.4, 0.5) is 0 Å². The average Bonchev–Trinajstić information content (AvgIpc) is 2.89. The number of hydrogen-bond donors (Lipinski definition) is 1. The van der Waals surface area contributed by atoms with Gasteiger partial charge in [0.1, 0.15) is 0 Å². The van der Waals surface area contributed by atoms with Crippen LogP contribution in [0.2, 0.25) is 0 Å². The van der Waals surface area contributed by atoms with Crippen molar-refractivity contribution in [2.75, 3.05) is 13.1 Å². The first-order chi connectivity index (χ1) is 9.16. The fraction of sp³-hybridized carbons (Fsp3) is 1.00. The Kier molecular flexibility index (Phi) is 2.97. The lowest BCUT2D eigenvalue weighted by Crippen LogP contribution is -2.57. The van der Waals surface area contributed by atoms with E-state index in [1.807, 2.05) is 0 Å². The number of aliphatic hydroxyl groups excluding tert-OH is 1. The highest BCUT2D eigenvalue weighted by molar-refractivity contribution is 5.06. The van der Waals surface area contributed by atoms with Gasteiger partial charge in [0.2, 0.25) is 0 Å². The summed E-state index contributed by atoms with van der Waals surface area (Å²) in [5.74, 6) is 2.85. The van der Waals surface area contributed by atoms with Crippen LogP contribution in [0.25, 0.3) is 0 Å². The molecule has 5 fully saturated rings. The summed E-state index contributed by atoms with van der Waals surface area (Å²) in [6, 6.07) is 0.388. The summed E-state index contributed by atoms with van der Waals surface area (Å²) in [6.45, 7) is 4.71. The van der Waals surface area contributed by atoms with Gasteiger partial charge in [0.05, 0.1) is 6.10 Å². The molecule has 5 aliphatic rings. The van der Waals surface area contributed by atoms with Crippen LogP contribution >= 0.6 is 0 Å². The highest BCUT2D eigenvalue weighted by atomic mass is 16.3. The molecule has 19 heavy (non-hydrogen) atoms. The van der Waals surface area contributed by atoms with E-state index >= 15 is 0 Å². The highest BCUT2D eigenvalue weighted by Gasteiger charge is 2.55. The molecule has 0 aromatic heterocycles. The minimum Gasteiger partial charge on any atom is -0.391 e. The van der Waals surface area contributed by atoms with Crippen LogP contribution in [0.15, 0.2) is 0 Å². The third kappa shape index (κ3) is 1.98. The summed E-state index contributed by atoms with van der Waals surface area (Å²) in [4.78, 5) is 2.54. The largest absolute Gasteiger partial charge is 0.391 e. The molecule has 0 radical (unpaired) electrons. The lowest BCUT2D eigenvalue weighted by atomic mass is 9.47. The number of rotatable bonds is 3. The zero-order chi connectivity index (χ0) is 13.0. The molecule has 4 aliphatic carbocycles. The Balaban J connectivity index is 1.53. The Bertz CT molecular complexity index is 312.